The summed E-state index contributed by atoms with van der Waals surface area (Å²) in [5.41, 5.74) is 3.67. The van der Waals surface area contributed by atoms with Gasteiger partial charge in [-0.1, -0.05) is 85.0 Å². The second kappa shape index (κ2) is 8.77. The number of carbonyl (C=O) groups excluding carboxylic acids is 1. The molecule has 5 nitrogen and oxygen atoms in total. The number of thioether (sulfide) groups is 1. The summed E-state index contributed by atoms with van der Waals surface area (Å²) < 4.78 is 1.98. The maximum Gasteiger partial charge on any atom is 0.284 e. The van der Waals surface area contributed by atoms with Crippen molar-refractivity contribution in [1.82, 2.24) is 14.8 Å². The average Bonchev–Trinajstić information content (AvgIpc) is 3.23. The van der Waals surface area contributed by atoms with E-state index in [9.17, 15) is 4.79 Å². The van der Waals surface area contributed by atoms with E-state index in [-0.39, 0.29) is 11.8 Å². The summed E-state index contributed by atoms with van der Waals surface area (Å²) in [4.78, 5) is 18.1. The van der Waals surface area contributed by atoms with E-state index in [0.29, 0.717) is 16.6 Å². The number of aromatic nitrogens is 3. The summed E-state index contributed by atoms with van der Waals surface area (Å²) >= 11 is 1.32. The molecule has 3 aromatic rings. The van der Waals surface area contributed by atoms with E-state index in [0.717, 1.165) is 28.2 Å². The molecular weight excluding hydrogens is 416 g/mol. The van der Waals surface area contributed by atoms with Crippen molar-refractivity contribution in [3.05, 3.63) is 108 Å². The van der Waals surface area contributed by atoms with Gasteiger partial charge in [0.1, 0.15) is 0 Å². The molecule has 0 saturated heterocycles. The van der Waals surface area contributed by atoms with E-state index in [4.69, 9.17) is 0 Å². The highest BCUT2D eigenvalue weighted by atomic mass is 32.2. The van der Waals surface area contributed by atoms with Gasteiger partial charge in [-0.05, 0) is 29.0 Å². The molecular formula is C26H20N4OS. The molecule has 5 rings (SSSR count). The third-order valence-corrected chi connectivity index (χ3v) is 6.40. The standard InChI is InChI=1S/C26H20N4OS/c1-2-17-30-24(19-13-7-4-8-14-19)28-29-26(30)32-23-22(18-11-5-3-6-12-18)20-15-9-10-16-21(20)27-25(23)31/h2-16,20H,1,17H2. The van der Waals surface area contributed by atoms with Crippen LogP contribution in [0.5, 0.6) is 0 Å². The molecule has 0 saturated carbocycles. The summed E-state index contributed by atoms with van der Waals surface area (Å²) in [6, 6.07) is 19.9. The molecule has 6 heteroatoms. The van der Waals surface area contributed by atoms with Gasteiger partial charge in [0.25, 0.3) is 5.91 Å². The minimum Gasteiger partial charge on any atom is -0.298 e. The predicted molar refractivity (Wildman–Crippen MR) is 129 cm³/mol. The normalized spacial score (nSPS) is 17.3. The molecule has 2 aromatic carbocycles. The fraction of sp³-hybridized carbons (Fsp3) is 0.0769. The van der Waals surface area contributed by atoms with Gasteiger partial charge in [-0.2, -0.15) is 0 Å². The zero-order valence-electron chi connectivity index (χ0n) is 17.3. The number of amides is 1. The first kappa shape index (κ1) is 20.2. The lowest BCUT2D eigenvalue weighted by Crippen LogP contribution is -2.23. The van der Waals surface area contributed by atoms with Crippen molar-refractivity contribution in [3.8, 4) is 11.4 Å². The van der Waals surface area contributed by atoms with Crippen LogP contribution in [0.4, 0.5) is 0 Å². The first-order chi connectivity index (χ1) is 15.8. The Bertz CT molecular complexity index is 1300. The van der Waals surface area contributed by atoms with Crippen molar-refractivity contribution in [3.63, 3.8) is 0 Å². The van der Waals surface area contributed by atoms with Crippen LogP contribution in [-0.2, 0) is 11.3 Å². The largest absolute Gasteiger partial charge is 0.298 e. The number of fused-ring (bicyclic) bond motifs is 1. The van der Waals surface area contributed by atoms with Crippen molar-refractivity contribution in [2.24, 2.45) is 10.9 Å². The molecule has 0 bridgehead atoms. The highest BCUT2D eigenvalue weighted by molar-refractivity contribution is 8.04. The maximum absolute atomic E-state index is 13.2. The Morgan fingerprint density at radius 3 is 2.41 bits per heavy atom. The predicted octanol–water partition coefficient (Wildman–Crippen LogP) is 5.36. The van der Waals surface area contributed by atoms with Crippen LogP contribution >= 0.6 is 11.8 Å². The van der Waals surface area contributed by atoms with Crippen LogP contribution in [0.1, 0.15) is 5.56 Å². The smallest absolute Gasteiger partial charge is 0.284 e. The lowest BCUT2D eigenvalue weighted by Gasteiger charge is -2.26. The van der Waals surface area contributed by atoms with Gasteiger partial charge in [-0.15, -0.1) is 16.8 Å². The van der Waals surface area contributed by atoms with Crippen LogP contribution in [0.2, 0.25) is 0 Å². The third kappa shape index (κ3) is 3.69. The maximum atomic E-state index is 13.2. The minimum absolute atomic E-state index is 0.0769. The highest BCUT2D eigenvalue weighted by Crippen LogP contribution is 2.42. The Morgan fingerprint density at radius 1 is 0.969 bits per heavy atom. The zero-order chi connectivity index (χ0) is 21.9. The summed E-state index contributed by atoms with van der Waals surface area (Å²) in [5, 5.41) is 9.49. The highest BCUT2D eigenvalue weighted by Gasteiger charge is 2.32. The van der Waals surface area contributed by atoms with E-state index >= 15 is 0 Å². The van der Waals surface area contributed by atoms with Crippen molar-refractivity contribution >= 4 is 29.0 Å². The fourth-order valence-corrected chi connectivity index (χ4v) is 4.91. The molecule has 32 heavy (non-hydrogen) atoms. The van der Waals surface area contributed by atoms with Crippen LogP contribution in [-0.4, -0.2) is 26.4 Å². The number of carbonyl (C=O) groups is 1. The SMILES string of the molecule is C=CCn1c(SC2=C(c3ccccc3)C3C=CC=CC3=NC2=O)nnc1-c1ccccc1. The van der Waals surface area contributed by atoms with Gasteiger partial charge < -0.3 is 0 Å². The topological polar surface area (TPSA) is 60.1 Å². The van der Waals surface area contributed by atoms with E-state index in [2.05, 4.69) is 27.8 Å². The molecule has 0 radical (unpaired) electrons. The first-order valence-corrected chi connectivity index (χ1v) is 11.1. The number of allylic oxidation sites excluding steroid dienone is 6. The number of nitrogens with zero attached hydrogens (tertiary/aromatic N) is 4. The van der Waals surface area contributed by atoms with Gasteiger partial charge in [0.05, 0.1) is 10.6 Å². The fourth-order valence-electron chi connectivity index (χ4n) is 3.88. The molecule has 1 atom stereocenters. The van der Waals surface area contributed by atoms with Gasteiger partial charge >= 0.3 is 0 Å². The van der Waals surface area contributed by atoms with Crippen LogP contribution < -0.4 is 0 Å². The molecule has 1 aliphatic heterocycles. The van der Waals surface area contributed by atoms with E-state index in [1.807, 2.05) is 83.5 Å². The first-order valence-electron chi connectivity index (χ1n) is 10.3. The van der Waals surface area contributed by atoms with Gasteiger partial charge in [-0.25, -0.2) is 4.99 Å². The Hall–Kier alpha value is -3.77. The summed E-state index contributed by atoms with van der Waals surface area (Å²) in [5.74, 6) is 0.407. The van der Waals surface area contributed by atoms with Crippen molar-refractivity contribution in [1.29, 1.82) is 0 Å². The average molecular weight is 437 g/mol. The molecule has 0 N–H and O–H groups in total. The number of dihydropyridines is 1. The minimum atomic E-state index is -0.255. The monoisotopic (exact) mass is 436 g/mol. The second-order valence-corrected chi connectivity index (χ2v) is 8.32. The zero-order valence-corrected chi connectivity index (χ0v) is 18.1. The lowest BCUT2D eigenvalue weighted by molar-refractivity contribution is -0.113. The van der Waals surface area contributed by atoms with E-state index in [1.54, 1.807) is 6.08 Å². The second-order valence-electron chi connectivity index (χ2n) is 7.35. The Morgan fingerprint density at radius 2 is 1.69 bits per heavy atom. The van der Waals surface area contributed by atoms with Gasteiger partial charge in [-0.3, -0.25) is 9.36 Å². The molecule has 1 amide bonds. The number of aliphatic imine (C=N–C) groups is 1. The Labute approximate surface area is 190 Å². The quantitative estimate of drug-likeness (QED) is 0.488. The van der Waals surface area contributed by atoms with Gasteiger partial charge in [0, 0.05) is 18.0 Å². The molecule has 156 valence electrons. The Balaban J connectivity index is 1.63. The van der Waals surface area contributed by atoms with Crippen LogP contribution in [0.15, 0.2) is 113 Å². The van der Waals surface area contributed by atoms with Crippen molar-refractivity contribution in [2.75, 3.05) is 0 Å². The number of benzene rings is 2. The number of rotatable bonds is 6. The molecule has 1 aromatic heterocycles. The van der Waals surface area contributed by atoms with Gasteiger partial charge in [0.15, 0.2) is 11.0 Å². The summed E-state index contributed by atoms with van der Waals surface area (Å²) in [6.45, 7) is 4.42. The molecule has 2 aliphatic rings. The van der Waals surface area contributed by atoms with Crippen LogP contribution in [0.3, 0.4) is 0 Å². The molecule has 1 unspecified atom stereocenters. The van der Waals surface area contributed by atoms with E-state index < -0.39 is 0 Å². The molecule has 0 spiro atoms. The van der Waals surface area contributed by atoms with Crippen LogP contribution in [0.25, 0.3) is 17.0 Å². The van der Waals surface area contributed by atoms with Crippen molar-refractivity contribution < 1.29 is 4.79 Å². The van der Waals surface area contributed by atoms with Crippen molar-refractivity contribution in [2.45, 2.75) is 11.7 Å². The van der Waals surface area contributed by atoms with E-state index in [1.165, 1.54) is 11.8 Å². The molecule has 0 fully saturated rings. The summed E-state index contributed by atoms with van der Waals surface area (Å²) in [6.07, 6.45) is 9.70. The molecule has 1 aliphatic carbocycles. The molecule has 2 heterocycles. The van der Waals surface area contributed by atoms with Crippen LogP contribution in [0, 0.1) is 5.92 Å². The van der Waals surface area contributed by atoms with Gasteiger partial charge in [0.2, 0.25) is 0 Å². The number of hydrogen-bond donors (Lipinski definition) is 0. The lowest BCUT2D eigenvalue weighted by atomic mass is 9.84. The number of hydrogen-bond acceptors (Lipinski definition) is 4. The summed E-state index contributed by atoms with van der Waals surface area (Å²) in [7, 11) is 0. The third-order valence-electron chi connectivity index (χ3n) is 5.32. The Kier molecular flexibility index (Phi) is 5.52.